The minimum atomic E-state index is -0.00516. The van der Waals surface area contributed by atoms with Crippen LogP contribution in [0.4, 0.5) is 0 Å². The van der Waals surface area contributed by atoms with Gasteiger partial charge in [-0.25, -0.2) is 0 Å². The molecule has 0 atom stereocenters. The van der Waals surface area contributed by atoms with E-state index in [0.717, 1.165) is 37.5 Å². The van der Waals surface area contributed by atoms with Crippen LogP contribution < -0.4 is 4.74 Å². The molecule has 0 N–H and O–H groups in total. The molecule has 3 heterocycles. The zero-order chi connectivity index (χ0) is 21.6. The van der Waals surface area contributed by atoms with Crippen LogP contribution in [-0.2, 0) is 26.2 Å². The highest BCUT2D eigenvalue weighted by Gasteiger charge is 2.22. The standard InChI is InChI=1S/C24H29N5O2/c1-3-27(15-19-7-9-25-10-8-19)16-20-5-6-23-21(13-20)17-28(11-12-31-23)24(30)22-14-26-29(4-2)18-22/h5-10,13-14,18H,3-4,11-12,15-17H2,1-2H3. The zero-order valence-electron chi connectivity index (χ0n) is 18.2. The number of aryl methyl sites for hydroxylation is 1. The van der Waals surface area contributed by atoms with Crippen LogP contribution in [-0.4, -0.2) is 50.2 Å². The highest BCUT2D eigenvalue weighted by Crippen LogP contribution is 2.26. The van der Waals surface area contributed by atoms with Crippen molar-refractivity contribution in [3.05, 3.63) is 77.4 Å². The largest absolute Gasteiger partial charge is 0.491 e. The fourth-order valence-corrected chi connectivity index (χ4v) is 3.83. The van der Waals surface area contributed by atoms with Gasteiger partial charge < -0.3 is 9.64 Å². The van der Waals surface area contributed by atoms with E-state index in [2.05, 4.69) is 46.2 Å². The van der Waals surface area contributed by atoms with Gasteiger partial charge in [-0.3, -0.25) is 19.4 Å². The molecule has 0 unspecified atom stereocenters. The molecule has 0 aliphatic carbocycles. The van der Waals surface area contributed by atoms with Crippen molar-refractivity contribution in [3.8, 4) is 5.75 Å². The number of rotatable bonds is 7. The molecular formula is C24H29N5O2. The lowest BCUT2D eigenvalue weighted by atomic mass is 10.1. The van der Waals surface area contributed by atoms with Crippen molar-refractivity contribution in [2.24, 2.45) is 0 Å². The third-order valence-electron chi connectivity index (χ3n) is 5.61. The quantitative estimate of drug-likeness (QED) is 0.588. The zero-order valence-corrected chi connectivity index (χ0v) is 18.2. The summed E-state index contributed by atoms with van der Waals surface area (Å²) in [4.78, 5) is 21.3. The van der Waals surface area contributed by atoms with Crippen LogP contribution in [0.3, 0.4) is 0 Å². The number of pyridine rings is 1. The normalized spacial score (nSPS) is 13.6. The topological polar surface area (TPSA) is 63.5 Å². The van der Waals surface area contributed by atoms with Gasteiger partial charge in [-0.05, 0) is 48.9 Å². The Kier molecular flexibility index (Phi) is 6.62. The SMILES string of the molecule is CCN(Cc1ccncc1)Cc1ccc2c(c1)CN(C(=O)c1cnn(CC)c1)CCO2. The Balaban J connectivity index is 1.48. The first kappa shape index (κ1) is 21.1. The van der Waals surface area contributed by atoms with Gasteiger partial charge in [0.25, 0.3) is 5.91 Å². The van der Waals surface area contributed by atoms with Crippen LogP contribution in [0.25, 0.3) is 0 Å². The Morgan fingerprint density at radius 1 is 1.13 bits per heavy atom. The molecule has 1 aromatic carbocycles. The Morgan fingerprint density at radius 3 is 2.68 bits per heavy atom. The van der Waals surface area contributed by atoms with E-state index in [4.69, 9.17) is 4.74 Å². The molecular weight excluding hydrogens is 390 g/mol. The summed E-state index contributed by atoms with van der Waals surface area (Å²) in [5.74, 6) is 0.856. The number of carbonyl (C=O) groups excluding carboxylic acids is 1. The minimum Gasteiger partial charge on any atom is -0.491 e. The number of carbonyl (C=O) groups is 1. The predicted octanol–water partition coefficient (Wildman–Crippen LogP) is 3.35. The van der Waals surface area contributed by atoms with Gasteiger partial charge in [0.15, 0.2) is 0 Å². The molecule has 3 aromatic rings. The van der Waals surface area contributed by atoms with E-state index in [1.165, 1.54) is 11.1 Å². The number of hydrogen-bond acceptors (Lipinski definition) is 5. The molecule has 0 bridgehead atoms. The Bertz CT molecular complexity index is 1020. The fourth-order valence-electron chi connectivity index (χ4n) is 3.83. The van der Waals surface area contributed by atoms with E-state index in [1.807, 2.05) is 36.5 Å². The molecule has 0 radical (unpaired) electrons. The highest BCUT2D eigenvalue weighted by molar-refractivity contribution is 5.93. The summed E-state index contributed by atoms with van der Waals surface area (Å²) in [6.45, 7) is 9.17. The molecule has 7 nitrogen and oxygen atoms in total. The Labute approximate surface area is 183 Å². The molecule has 1 amide bonds. The number of ether oxygens (including phenoxy) is 1. The van der Waals surface area contributed by atoms with Crippen LogP contribution in [0.15, 0.2) is 55.1 Å². The summed E-state index contributed by atoms with van der Waals surface area (Å²) >= 11 is 0. The van der Waals surface area contributed by atoms with Crippen molar-refractivity contribution in [2.45, 2.75) is 40.0 Å². The molecule has 7 heteroatoms. The molecule has 4 rings (SSSR count). The van der Waals surface area contributed by atoms with E-state index >= 15 is 0 Å². The number of aromatic nitrogens is 3. The van der Waals surface area contributed by atoms with Gasteiger partial charge in [0, 0.05) is 50.3 Å². The highest BCUT2D eigenvalue weighted by atomic mass is 16.5. The Hall–Kier alpha value is -3.19. The molecule has 0 spiro atoms. The van der Waals surface area contributed by atoms with Crippen LogP contribution in [0.2, 0.25) is 0 Å². The molecule has 0 saturated carbocycles. The summed E-state index contributed by atoms with van der Waals surface area (Å²) in [7, 11) is 0. The van der Waals surface area contributed by atoms with Crippen LogP contribution in [0.1, 0.15) is 40.9 Å². The maximum atomic E-state index is 13.0. The molecule has 0 fully saturated rings. The number of hydrogen-bond donors (Lipinski definition) is 0. The lowest BCUT2D eigenvalue weighted by molar-refractivity contribution is 0.0733. The second-order valence-electron chi connectivity index (χ2n) is 7.76. The van der Waals surface area contributed by atoms with E-state index < -0.39 is 0 Å². The molecule has 1 aliphatic rings. The van der Waals surface area contributed by atoms with E-state index in [1.54, 1.807) is 10.9 Å². The van der Waals surface area contributed by atoms with Crippen molar-refractivity contribution in [1.29, 1.82) is 0 Å². The fraction of sp³-hybridized carbons (Fsp3) is 0.375. The molecule has 2 aromatic heterocycles. The third kappa shape index (κ3) is 5.11. The van der Waals surface area contributed by atoms with Crippen molar-refractivity contribution in [1.82, 2.24) is 24.6 Å². The first-order valence-corrected chi connectivity index (χ1v) is 10.8. The monoisotopic (exact) mass is 419 g/mol. The van der Waals surface area contributed by atoms with Crippen molar-refractivity contribution in [3.63, 3.8) is 0 Å². The predicted molar refractivity (Wildman–Crippen MR) is 119 cm³/mol. The third-order valence-corrected chi connectivity index (χ3v) is 5.61. The summed E-state index contributed by atoms with van der Waals surface area (Å²) in [6.07, 6.45) is 7.12. The van der Waals surface area contributed by atoms with E-state index in [-0.39, 0.29) is 5.91 Å². The summed E-state index contributed by atoms with van der Waals surface area (Å²) in [6, 6.07) is 10.4. The van der Waals surface area contributed by atoms with Gasteiger partial charge >= 0.3 is 0 Å². The number of fused-ring (bicyclic) bond motifs is 1. The number of amides is 1. The van der Waals surface area contributed by atoms with Crippen molar-refractivity contribution in [2.75, 3.05) is 19.7 Å². The van der Waals surface area contributed by atoms with Crippen LogP contribution in [0, 0.1) is 0 Å². The van der Waals surface area contributed by atoms with Crippen molar-refractivity contribution < 1.29 is 9.53 Å². The van der Waals surface area contributed by atoms with Gasteiger partial charge in [0.05, 0.1) is 18.3 Å². The molecule has 0 saturated heterocycles. The smallest absolute Gasteiger partial charge is 0.257 e. The summed E-state index contributed by atoms with van der Waals surface area (Å²) in [5.41, 5.74) is 4.13. The van der Waals surface area contributed by atoms with Gasteiger partial charge in [0.1, 0.15) is 12.4 Å². The van der Waals surface area contributed by atoms with Crippen LogP contribution >= 0.6 is 0 Å². The lowest BCUT2D eigenvalue weighted by Gasteiger charge is -2.22. The van der Waals surface area contributed by atoms with Gasteiger partial charge in [-0.1, -0.05) is 13.0 Å². The van der Waals surface area contributed by atoms with E-state index in [9.17, 15) is 4.79 Å². The first-order valence-electron chi connectivity index (χ1n) is 10.8. The first-order chi connectivity index (χ1) is 15.2. The lowest BCUT2D eigenvalue weighted by Crippen LogP contribution is -2.32. The number of benzene rings is 1. The maximum absolute atomic E-state index is 13.0. The maximum Gasteiger partial charge on any atom is 0.257 e. The number of nitrogens with zero attached hydrogens (tertiary/aromatic N) is 5. The minimum absolute atomic E-state index is 0.00516. The average molecular weight is 420 g/mol. The summed E-state index contributed by atoms with van der Waals surface area (Å²) in [5, 5.41) is 4.24. The van der Waals surface area contributed by atoms with Crippen LogP contribution in [0.5, 0.6) is 5.75 Å². The summed E-state index contributed by atoms with van der Waals surface area (Å²) < 4.78 is 7.71. The second kappa shape index (κ2) is 9.75. The van der Waals surface area contributed by atoms with E-state index in [0.29, 0.717) is 25.3 Å². The van der Waals surface area contributed by atoms with Gasteiger partial charge in [-0.2, -0.15) is 5.10 Å². The molecule has 162 valence electrons. The van der Waals surface area contributed by atoms with Crippen molar-refractivity contribution >= 4 is 5.91 Å². The van der Waals surface area contributed by atoms with Gasteiger partial charge in [0.2, 0.25) is 0 Å². The molecule has 1 aliphatic heterocycles. The Morgan fingerprint density at radius 2 is 1.94 bits per heavy atom. The average Bonchev–Trinajstić information content (AvgIpc) is 3.19. The van der Waals surface area contributed by atoms with Gasteiger partial charge in [-0.15, -0.1) is 0 Å². The second-order valence-corrected chi connectivity index (χ2v) is 7.76. The molecule has 31 heavy (non-hydrogen) atoms.